The van der Waals surface area contributed by atoms with Gasteiger partial charge >= 0.3 is 0 Å². The number of halogens is 1. The van der Waals surface area contributed by atoms with Crippen molar-refractivity contribution in [1.82, 2.24) is 10.3 Å². The van der Waals surface area contributed by atoms with E-state index in [1.54, 1.807) is 30.4 Å². The number of rotatable bonds is 5. The summed E-state index contributed by atoms with van der Waals surface area (Å²) in [7, 11) is 0. The van der Waals surface area contributed by atoms with Crippen molar-refractivity contribution < 1.29 is 9.53 Å². The summed E-state index contributed by atoms with van der Waals surface area (Å²) in [6.07, 6.45) is -0.616. The number of aryl methyl sites for hydroxylation is 1. The third-order valence-electron chi connectivity index (χ3n) is 2.62. The van der Waals surface area contributed by atoms with Gasteiger partial charge in [-0.05, 0) is 26.0 Å². The first-order valence-electron chi connectivity index (χ1n) is 6.16. The van der Waals surface area contributed by atoms with Crippen molar-refractivity contribution in [3.63, 3.8) is 0 Å². The van der Waals surface area contributed by atoms with E-state index in [1.165, 1.54) is 0 Å². The number of hydrogen-bond acceptors (Lipinski definition) is 4. The van der Waals surface area contributed by atoms with E-state index in [-0.39, 0.29) is 5.91 Å². The first-order valence-corrected chi connectivity index (χ1v) is 7.42. The van der Waals surface area contributed by atoms with E-state index in [9.17, 15) is 4.79 Å². The van der Waals surface area contributed by atoms with E-state index in [0.717, 1.165) is 10.7 Å². The Morgan fingerprint density at radius 3 is 2.90 bits per heavy atom. The maximum absolute atomic E-state index is 11.9. The summed E-state index contributed by atoms with van der Waals surface area (Å²) < 4.78 is 5.54. The molecule has 0 unspecified atom stereocenters. The molecule has 6 heteroatoms. The Morgan fingerprint density at radius 2 is 2.25 bits per heavy atom. The molecule has 0 saturated carbocycles. The number of carbonyl (C=O) groups is 1. The van der Waals surface area contributed by atoms with Crippen LogP contribution in [0.5, 0.6) is 5.75 Å². The van der Waals surface area contributed by atoms with Gasteiger partial charge in [-0.25, -0.2) is 4.98 Å². The molecule has 1 N–H and O–H groups in total. The van der Waals surface area contributed by atoms with Gasteiger partial charge < -0.3 is 10.1 Å². The molecule has 1 amide bonds. The normalized spacial score (nSPS) is 11.9. The lowest BCUT2D eigenvalue weighted by Gasteiger charge is -2.15. The zero-order chi connectivity index (χ0) is 14.5. The molecule has 20 heavy (non-hydrogen) atoms. The van der Waals surface area contributed by atoms with Crippen LogP contribution in [0.4, 0.5) is 0 Å². The molecule has 2 aromatic rings. The minimum Gasteiger partial charge on any atom is -0.479 e. The molecule has 106 valence electrons. The minimum absolute atomic E-state index is 0.199. The van der Waals surface area contributed by atoms with Crippen LogP contribution < -0.4 is 10.1 Å². The van der Waals surface area contributed by atoms with Crippen molar-refractivity contribution in [2.45, 2.75) is 26.5 Å². The van der Waals surface area contributed by atoms with Crippen molar-refractivity contribution in [2.24, 2.45) is 0 Å². The third-order valence-corrected chi connectivity index (χ3v) is 3.75. The minimum atomic E-state index is -0.616. The molecule has 0 aliphatic carbocycles. The molecule has 0 fully saturated rings. The Bertz CT molecular complexity index is 600. The first-order chi connectivity index (χ1) is 9.56. The average Bonchev–Trinajstić information content (AvgIpc) is 2.84. The molecule has 0 aliphatic rings. The zero-order valence-corrected chi connectivity index (χ0v) is 12.8. The SMILES string of the molecule is Cc1nc(CNC(=O)[C@@H](C)Oc2ccccc2Cl)cs1. The van der Waals surface area contributed by atoms with Crippen LogP contribution in [0.15, 0.2) is 29.6 Å². The molecule has 0 bridgehead atoms. The number of benzene rings is 1. The molecular formula is C14H15ClN2O2S. The number of nitrogens with zero attached hydrogens (tertiary/aromatic N) is 1. The lowest BCUT2D eigenvalue weighted by molar-refractivity contribution is -0.127. The highest BCUT2D eigenvalue weighted by Gasteiger charge is 2.15. The summed E-state index contributed by atoms with van der Waals surface area (Å²) in [5, 5.41) is 6.18. The van der Waals surface area contributed by atoms with Gasteiger partial charge in [0.05, 0.1) is 22.3 Å². The van der Waals surface area contributed by atoms with Crippen LogP contribution in [0.2, 0.25) is 5.02 Å². The van der Waals surface area contributed by atoms with Gasteiger partial charge in [-0.3, -0.25) is 4.79 Å². The maximum atomic E-state index is 11.9. The summed E-state index contributed by atoms with van der Waals surface area (Å²) in [4.78, 5) is 16.2. The van der Waals surface area contributed by atoms with Gasteiger partial charge in [-0.15, -0.1) is 11.3 Å². The van der Waals surface area contributed by atoms with Crippen LogP contribution in [0, 0.1) is 6.92 Å². The fraction of sp³-hybridized carbons (Fsp3) is 0.286. The maximum Gasteiger partial charge on any atom is 0.261 e. The van der Waals surface area contributed by atoms with Gasteiger partial charge in [-0.1, -0.05) is 23.7 Å². The number of ether oxygens (including phenoxy) is 1. The molecule has 1 atom stereocenters. The molecule has 0 spiro atoms. The van der Waals surface area contributed by atoms with Gasteiger partial charge in [0.25, 0.3) is 5.91 Å². The van der Waals surface area contributed by atoms with Gasteiger partial charge in [0, 0.05) is 5.38 Å². The van der Waals surface area contributed by atoms with E-state index in [1.807, 2.05) is 24.4 Å². The van der Waals surface area contributed by atoms with Gasteiger partial charge in [0.1, 0.15) is 5.75 Å². The standard InChI is InChI=1S/C14H15ClN2O2S/c1-9(19-13-6-4-3-5-12(13)15)14(18)16-7-11-8-20-10(2)17-11/h3-6,8-9H,7H2,1-2H3,(H,16,18)/t9-/m1/s1. The Kier molecular flexibility index (Phi) is 4.98. The van der Waals surface area contributed by atoms with Gasteiger partial charge in [0.15, 0.2) is 6.10 Å². The van der Waals surface area contributed by atoms with Crippen LogP contribution in [0.25, 0.3) is 0 Å². The number of amides is 1. The highest BCUT2D eigenvalue weighted by atomic mass is 35.5. The summed E-state index contributed by atoms with van der Waals surface area (Å²) in [5.41, 5.74) is 0.853. The van der Waals surface area contributed by atoms with Crippen molar-refractivity contribution >= 4 is 28.8 Å². The smallest absolute Gasteiger partial charge is 0.261 e. The molecule has 1 aromatic heterocycles. The molecule has 1 heterocycles. The van der Waals surface area contributed by atoms with E-state index >= 15 is 0 Å². The highest BCUT2D eigenvalue weighted by Crippen LogP contribution is 2.24. The van der Waals surface area contributed by atoms with Gasteiger partial charge in [0.2, 0.25) is 0 Å². The highest BCUT2D eigenvalue weighted by molar-refractivity contribution is 7.09. The number of hydrogen-bond donors (Lipinski definition) is 1. The molecule has 0 radical (unpaired) electrons. The lowest BCUT2D eigenvalue weighted by atomic mass is 10.3. The number of thiazole rings is 1. The van der Waals surface area contributed by atoms with E-state index in [0.29, 0.717) is 17.3 Å². The number of carbonyl (C=O) groups excluding carboxylic acids is 1. The van der Waals surface area contributed by atoms with Crippen molar-refractivity contribution in [2.75, 3.05) is 0 Å². The number of para-hydroxylation sites is 1. The molecule has 0 aliphatic heterocycles. The zero-order valence-electron chi connectivity index (χ0n) is 11.2. The van der Waals surface area contributed by atoms with Crippen LogP contribution in [0.3, 0.4) is 0 Å². The van der Waals surface area contributed by atoms with Crippen molar-refractivity contribution in [3.8, 4) is 5.75 Å². The number of nitrogens with one attached hydrogen (secondary N) is 1. The molecule has 4 nitrogen and oxygen atoms in total. The predicted octanol–water partition coefficient (Wildman–Crippen LogP) is 3.19. The molecule has 0 saturated heterocycles. The fourth-order valence-corrected chi connectivity index (χ4v) is 2.39. The summed E-state index contributed by atoms with van der Waals surface area (Å²) in [6, 6.07) is 7.07. The molecular weight excluding hydrogens is 296 g/mol. The third kappa shape index (κ3) is 3.95. The van der Waals surface area contributed by atoms with Crippen LogP contribution in [-0.4, -0.2) is 17.0 Å². The predicted molar refractivity (Wildman–Crippen MR) is 80.2 cm³/mol. The van der Waals surface area contributed by atoms with Crippen molar-refractivity contribution in [3.05, 3.63) is 45.4 Å². The quantitative estimate of drug-likeness (QED) is 0.922. The molecule has 2 rings (SSSR count). The number of aromatic nitrogens is 1. The largest absolute Gasteiger partial charge is 0.479 e. The second kappa shape index (κ2) is 6.72. The van der Waals surface area contributed by atoms with Crippen LogP contribution >= 0.6 is 22.9 Å². The lowest BCUT2D eigenvalue weighted by Crippen LogP contribution is -2.36. The topological polar surface area (TPSA) is 51.2 Å². The Labute approximate surface area is 126 Å². The summed E-state index contributed by atoms with van der Waals surface area (Å²) in [6.45, 7) is 4.02. The monoisotopic (exact) mass is 310 g/mol. The Morgan fingerprint density at radius 1 is 1.50 bits per heavy atom. The van der Waals surface area contributed by atoms with E-state index < -0.39 is 6.10 Å². The Hall–Kier alpha value is -1.59. The second-order valence-corrected chi connectivity index (χ2v) is 5.74. The van der Waals surface area contributed by atoms with Crippen LogP contribution in [-0.2, 0) is 11.3 Å². The second-order valence-electron chi connectivity index (χ2n) is 4.27. The first kappa shape index (κ1) is 14.8. The summed E-state index contributed by atoms with van der Waals surface area (Å²) in [5.74, 6) is 0.303. The average molecular weight is 311 g/mol. The van der Waals surface area contributed by atoms with E-state index in [2.05, 4.69) is 10.3 Å². The van der Waals surface area contributed by atoms with E-state index in [4.69, 9.17) is 16.3 Å². The summed E-state index contributed by atoms with van der Waals surface area (Å²) >= 11 is 7.54. The van der Waals surface area contributed by atoms with Crippen molar-refractivity contribution in [1.29, 1.82) is 0 Å². The molecule has 1 aromatic carbocycles. The van der Waals surface area contributed by atoms with Gasteiger partial charge in [-0.2, -0.15) is 0 Å². The van der Waals surface area contributed by atoms with Crippen LogP contribution in [0.1, 0.15) is 17.6 Å². The fourth-order valence-electron chi connectivity index (χ4n) is 1.60. The Balaban J connectivity index is 1.87.